The number of carbonyl (C=O) groups is 1. The number of phenols is 2. The molecule has 0 aliphatic heterocycles. The predicted octanol–water partition coefficient (Wildman–Crippen LogP) is 2.36. The molecule has 0 heterocycles. The van der Waals surface area contributed by atoms with Gasteiger partial charge < -0.3 is 15.1 Å². The van der Waals surface area contributed by atoms with Gasteiger partial charge in [-0.25, -0.2) is 0 Å². The zero-order valence-corrected chi connectivity index (χ0v) is 10.5. The number of rotatable bonds is 4. The number of aromatic hydroxyl groups is 2. The van der Waals surface area contributed by atoms with E-state index in [2.05, 4.69) is 0 Å². The van der Waals surface area contributed by atoms with Gasteiger partial charge in [-0.05, 0) is 32.4 Å². The Labute approximate surface area is 101 Å². The third-order valence-electron chi connectivity index (χ3n) is 2.97. The summed E-state index contributed by atoms with van der Waals surface area (Å²) in [5.41, 5.74) is 0.146. The van der Waals surface area contributed by atoms with Crippen molar-refractivity contribution in [1.82, 2.24) is 4.90 Å². The highest BCUT2D eigenvalue weighted by Crippen LogP contribution is 2.29. The molecular formula is C13H19NO3. The van der Waals surface area contributed by atoms with Crippen LogP contribution in [0.1, 0.15) is 37.6 Å². The predicted molar refractivity (Wildman–Crippen MR) is 66.2 cm³/mol. The highest BCUT2D eigenvalue weighted by atomic mass is 16.3. The number of nitrogens with zero attached hydrogens (tertiary/aromatic N) is 1. The number of carbonyl (C=O) groups excluding carboxylic acids is 1. The minimum atomic E-state index is -0.348. The van der Waals surface area contributed by atoms with Gasteiger partial charge in [0.25, 0.3) is 5.91 Å². The summed E-state index contributed by atoms with van der Waals surface area (Å²) >= 11 is 0. The van der Waals surface area contributed by atoms with Crippen molar-refractivity contribution in [1.29, 1.82) is 0 Å². The van der Waals surface area contributed by atoms with E-state index < -0.39 is 0 Å². The number of amides is 1. The molecule has 94 valence electrons. The zero-order chi connectivity index (χ0) is 13.0. The molecule has 0 aliphatic carbocycles. The highest BCUT2D eigenvalue weighted by Gasteiger charge is 2.22. The van der Waals surface area contributed by atoms with E-state index in [9.17, 15) is 15.0 Å². The quantitative estimate of drug-likeness (QED) is 0.790. The van der Waals surface area contributed by atoms with Crippen molar-refractivity contribution in [2.75, 3.05) is 6.54 Å². The molecule has 0 saturated carbocycles. The molecule has 1 aromatic rings. The summed E-state index contributed by atoms with van der Waals surface area (Å²) in [6.45, 7) is 6.43. The lowest BCUT2D eigenvalue weighted by Gasteiger charge is -2.27. The van der Waals surface area contributed by atoms with Gasteiger partial charge in [0.15, 0.2) is 11.5 Å². The van der Waals surface area contributed by atoms with Crippen LogP contribution in [0.2, 0.25) is 0 Å². The standard InChI is InChI=1S/C13H19NO3/c1-4-9(3)14(5-2)13(17)10-7-6-8-11(15)12(10)16/h6-9,15-16H,4-5H2,1-3H3. The summed E-state index contributed by atoms with van der Waals surface area (Å²) in [5.74, 6) is -0.870. The molecule has 0 spiro atoms. The van der Waals surface area contributed by atoms with Crippen molar-refractivity contribution >= 4 is 5.91 Å². The number of phenolic OH excluding ortho intramolecular Hbond substituents is 2. The Kier molecular flexibility index (Phi) is 4.37. The van der Waals surface area contributed by atoms with E-state index >= 15 is 0 Å². The van der Waals surface area contributed by atoms with Gasteiger partial charge in [-0.2, -0.15) is 0 Å². The van der Waals surface area contributed by atoms with Crippen LogP contribution in [0.4, 0.5) is 0 Å². The Hall–Kier alpha value is -1.71. The fraction of sp³-hybridized carbons (Fsp3) is 0.462. The average Bonchev–Trinajstić information content (AvgIpc) is 2.33. The largest absolute Gasteiger partial charge is 0.504 e. The summed E-state index contributed by atoms with van der Waals surface area (Å²) in [4.78, 5) is 13.9. The first-order chi connectivity index (χ1) is 8.02. The minimum Gasteiger partial charge on any atom is -0.504 e. The van der Waals surface area contributed by atoms with E-state index in [1.54, 1.807) is 11.0 Å². The fourth-order valence-electron chi connectivity index (χ4n) is 1.73. The molecule has 1 atom stereocenters. The lowest BCUT2D eigenvalue weighted by Crippen LogP contribution is -2.38. The molecule has 1 rings (SSSR count). The second kappa shape index (κ2) is 5.57. The van der Waals surface area contributed by atoms with Crippen molar-refractivity contribution < 1.29 is 15.0 Å². The van der Waals surface area contributed by atoms with Gasteiger partial charge in [0.05, 0.1) is 5.56 Å². The SMILES string of the molecule is CCC(C)N(CC)C(=O)c1cccc(O)c1O. The number of para-hydroxylation sites is 1. The van der Waals surface area contributed by atoms with Crippen LogP contribution in [-0.4, -0.2) is 33.6 Å². The molecule has 4 nitrogen and oxygen atoms in total. The van der Waals surface area contributed by atoms with Crippen LogP contribution >= 0.6 is 0 Å². The molecule has 17 heavy (non-hydrogen) atoms. The van der Waals surface area contributed by atoms with Crippen LogP contribution in [0.3, 0.4) is 0 Å². The molecule has 0 saturated heterocycles. The molecule has 0 aromatic heterocycles. The normalized spacial score (nSPS) is 12.2. The van der Waals surface area contributed by atoms with Crippen LogP contribution in [-0.2, 0) is 0 Å². The first-order valence-electron chi connectivity index (χ1n) is 5.84. The van der Waals surface area contributed by atoms with Crippen molar-refractivity contribution in [2.24, 2.45) is 0 Å². The molecule has 0 fully saturated rings. The first-order valence-corrected chi connectivity index (χ1v) is 5.84. The van der Waals surface area contributed by atoms with Crippen molar-refractivity contribution in [2.45, 2.75) is 33.2 Å². The van der Waals surface area contributed by atoms with Crippen molar-refractivity contribution in [3.63, 3.8) is 0 Å². The Morgan fingerprint density at radius 2 is 2.00 bits per heavy atom. The summed E-state index contributed by atoms with van der Waals surface area (Å²) in [6, 6.07) is 4.52. The van der Waals surface area contributed by atoms with Gasteiger partial charge in [0.1, 0.15) is 0 Å². The summed E-state index contributed by atoms with van der Waals surface area (Å²) < 4.78 is 0. The number of benzene rings is 1. The van der Waals surface area contributed by atoms with Crippen molar-refractivity contribution in [3.05, 3.63) is 23.8 Å². The highest BCUT2D eigenvalue weighted by molar-refractivity contribution is 5.97. The average molecular weight is 237 g/mol. The van der Waals surface area contributed by atoms with E-state index in [1.807, 2.05) is 20.8 Å². The monoisotopic (exact) mass is 237 g/mol. The van der Waals surface area contributed by atoms with Gasteiger partial charge in [-0.3, -0.25) is 4.79 Å². The summed E-state index contributed by atoms with van der Waals surface area (Å²) in [6.07, 6.45) is 0.846. The number of hydrogen-bond acceptors (Lipinski definition) is 3. The second-order valence-electron chi connectivity index (χ2n) is 4.02. The lowest BCUT2D eigenvalue weighted by molar-refractivity contribution is 0.0696. The van der Waals surface area contributed by atoms with Crippen LogP contribution < -0.4 is 0 Å². The smallest absolute Gasteiger partial charge is 0.257 e. The Morgan fingerprint density at radius 1 is 1.35 bits per heavy atom. The minimum absolute atomic E-state index is 0.106. The summed E-state index contributed by atoms with van der Waals surface area (Å²) in [5, 5.41) is 19.0. The molecule has 0 aliphatic rings. The Bertz CT molecular complexity index is 404. The van der Waals surface area contributed by atoms with E-state index in [-0.39, 0.29) is 29.0 Å². The van der Waals surface area contributed by atoms with Crippen molar-refractivity contribution in [3.8, 4) is 11.5 Å². The van der Waals surface area contributed by atoms with E-state index in [0.717, 1.165) is 6.42 Å². The Balaban J connectivity index is 3.06. The molecule has 1 unspecified atom stereocenters. The van der Waals surface area contributed by atoms with Crippen LogP contribution in [0.25, 0.3) is 0 Å². The van der Waals surface area contributed by atoms with Crippen LogP contribution in [0.15, 0.2) is 18.2 Å². The van der Waals surface area contributed by atoms with Crippen LogP contribution in [0.5, 0.6) is 11.5 Å². The van der Waals surface area contributed by atoms with Gasteiger partial charge >= 0.3 is 0 Å². The van der Waals surface area contributed by atoms with Gasteiger partial charge in [-0.1, -0.05) is 13.0 Å². The number of hydrogen-bond donors (Lipinski definition) is 2. The third kappa shape index (κ3) is 2.70. The molecule has 1 amide bonds. The van der Waals surface area contributed by atoms with E-state index in [4.69, 9.17) is 0 Å². The maximum Gasteiger partial charge on any atom is 0.257 e. The molecular weight excluding hydrogens is 218 g/mol. The molecule has 2 N–H and O–H groups in total. The topological polar surface area (TPSA) is 60.8 Å². The summed E-state index contributed by atoms with van der Waals surface area (Å²) in [7, 11) is 0. The first kappa shape index (κ1) is 13.4. The fourth-order valence-corrected chi connectivity index (χ4v) is 1.73. The molecule has 0 bridgehead atoms. The van der Waals surface area contributed by atoms with Crippen LogP contribution in [0, 0.1) is 0 Å². The third-order valence-corrected chi connectivity index (χ3v) is 2.97. The lowest BCUT2D eigenvalue weighted by atomic mass is 10.1. The van der Waals surface area contributed by atoms with Gasteiger partial charge in [0, 0.05) is 12.6 Å². The second-order valence-corrected chi connectivity index (χ2v) is 4.02. The molecule has 0 radical (unpaired) electrons. The Morgan fingerprint density at radius 3 is 2.53 bits per heavy atom. The zero-order valence-electron chi connectivity index (χ0n) is 10.5. The molecule has 1 aromatic carbocycles. The maximum atomic E-state index is 12.2. The van der Waals surface area contributed by atoms with Gasteiger partial charge in [0.2, 0.25) is 0 Å². The van der Waals surface area contributed by atoms with E-state index in [0.29, 0.717) is 6.54 Å². The maximum absolute atomic E-state index is 12.2. The van der Waals surface area contributed by atoms with Gasteiger partial charge in [-0.15, -0.1) is 0 Å². The van der Waals surface area contributed by atoms with E-state index in [1.165, 1.54) is 12.1 Å². The molecule has 4 heteroatoms.